The van der Waals surface area contributed by atoms with Crippen molar-refractivity contribution in [3.63, 3.8) is 0 Å². The van der Waals surface area contributed by atoms with Gasteiger partial charge in [0.05, 0.1) is 9.95 Å². The summed E-state index contributed by atoms with van der Waals surface area (Å²) in [6.07, 6.45) is -0.783. The second-order valence-corrected chi connectivity index (χ2v) is 7.79. The molecule has 0 aromatic heterocycles. The van der Waals surface area contributed by atoms with Crippen LogP contribution < -0.4 is 20.7 Å². The molecule has 9 nitrogen and oxygen atoms in total. The third-order valence-electron chi connectivity index (χ3n) is 4.47. The molecule has 0 aliphatic rings. The number of rotatable bonds is 7. The molecule has 0 spiro atoms. The quantitative estimate of drug-likeness (QED) is 0.243. The number of para-hydroxylation sites is 1. The number of nitrogens with one attached hydrogen (secondary N) is 3. The van der Waals surface area contributed by atoms with Crippen molar-refractivity contribution in [1.82, 2.24) is 5.32 Å². The molecule has 0 heterocycles. The van der Waals surface area contributed by atoms with Gasteiger partial charge in [-0.15, -0.1) is 0 Å². The van der Waals surface area contributed by atoms with Gasteiger partial charge in [0.2, 0.25) is 0 Å². The van der Waals surface area contributed by atoms with Crippen molar-refractivity contribution in [2.75, 3.05) is 10.6 Å². The van der Waals surface area contributed by atoms with Crippen molar-refractivity contribution in [2.24, 2.45) is 0 Å². The molecule has 0 aliphatic heterocycles. The number of halogens is 1. The van der Waals surface area contributed by atoms with Crippen molar-refractivity contribution in [1.29, 1.82) is 0 Å². The lowest BCUT2D eigenvalue weighted by Gasteiger charge is -2.16. The molecule has 1 unspecified atom stereocenters. The molecular weight excluding hydrogens is 480 g/mol. The van der Waals surface area contributed by atoms with Gasteiger partial charge >= 0.3 is 0 Å². The lowest BCUT2D eigenvalue weighted by Crippen LogP contribution is -2.34. The lowest BCUT2D eigenvalue weighted by atomic mass is 10.2. The molecule has 0 radical (unpaired) electrons. The fraction of sp³-hybridized carbons (Fsp3) is 0.0870. The van der Waals surface area contributed by atoms with Crippen molar-refractivity contribution in [3.05, 3.63) is 93.5 Å². The molecule has 11 heteroatoms. The van der Waals surface area contributed by atoms with Crippen LogP contribution in [-0.2, 0) is 4.79 Å². The molecule has 0 saturated heterocycles. The van der Waals surface area contributed by atoms with E-state index in [1.807, 2.05) is 0 Å². The van der Waals surface area contributed by atoms with Crippen molar-refractivity contribution >= 4 is 57.8 Å². The van der Waals surface area contributed by atoms with Gasteiger partial charge in [-0.05, 0) is 61.6 Å². The van der Waals surface area contributed by atoms with Gasteiger partial charge in [0.1, 0.15) is 5.75 Å². The molecule has 0 bridgehead atoms. The Labute approximate surface area is 205 Å². The van der Waals surface area contributed by atoms with Crippen LogP contribution in [0.15, 0.2) is 72.8 Å². The minimum Gasteiger partial charge on any atom is -0.479 e. The number of ether oxygens (including phenoxy) is 1. The van der Waals surface area contributed by atoms with E-state index in [4.69, 9.17) is 28.6 Å². The maximum absolute atomic E-state index is 12.4. The summed E-state index contributed by atoms with van der Waals surface area (Å²) >= 11 is 11.2. The monoisotopic (exact) mass is 498 g/mol. The van der Waals surface area contributed by atoms with Crippen LogP contribution >= 0.6 is 23.8 Å². The number of benzene rings is 3. The molecule has 3 aromatic rings. The first-order valence-corrected chi connectivity index (χ1v) is 10.7. The molecule has 2 amide bonds. The molecule has 1 atom stereocenters. The molecular formula is C23H19ClN4O5S. The standard InChI is InChI=1S/C23H19ClN4O5S/c1-14(33-20-8-3-2-7-19(20)24)21(29)25-16-9-11-17(12-10-16)26-23(34)27-22(30)15-5-4-6-18(13-15)28(31)32/h2-14H,1H3,(H,25,29)(H2,26,27,30,34). The third-order valence-corrected chi connectivity index (χ3v) is 4.98. The van der Waals surface area contributed by atoms with Gasteiger partial charge in [-0.3, -0.25) is 25.0 Å². The Morgan fingerprint density at radius 2 is 1.65 bits per heavy atom. The van der Waals surface area contributed by atoms with Crippen molar-refractivity contribution in [3.8, 4) is 5.75 Å². The number of hydrogen-bond donors (Lipinski definition) is 3. The molecule has 3 N–H and O–H groups in total. The highest BCUT2D eigenvalue weighted by Gasteiger charge is 2.16. The summed E-state index contributed by atoms with van der Waals surface area (Å²) in [5.74, 6) is -0.537. The SMILES string of the molecule is CC(Oc1ccccc1Cl)C(=O)Nc1ccc(NC(=S)NC(=O)c2cccc([N+](=O)[O-])c2)cc1. The zero-order valence-electron chi connectivity index (χ0n) is 17.8. The number of carbonyl (C=O) groups excluding carboxylic acids is 2. The summed E-state index contributed by atoms with van der Waals surface area (Å²) in [6, 6.07) is 18.8. The number of amides is 2. The van der Waals surface area contributed by atoms with Crippen LogP contribution in [0.1, 0.15) is 17.3 Å². The van der Waals surface area contributed by atoms with Gasteiger partial charge in [-0.2, -0.15) is 0 Å². The normalized spacial score (nSPS) is 11.1. The van der Waals surface area contributed by atoms with Crippen LogP contribution in [0.4, 0.5) is 17.1 Å². The van der Waals surface area contributed by atoms with Gasteiger partial charge in [-0.25, -0.2) is 0 Å². The van der Waals surface area contributed by atoms with E-state index in [9.17, 15) is 19.7 Å². The van der Waals surface area contributed by atoms with Crippen molar-refractivity contribution in [2.45, 2.75) is 13.0 Å². The number of nitro groups is 1. The molecule has 3 rings (SSSR count). The predicted molar refractivity (Wildman–Crippen MR) is 133 cm³/mol. The first-order valence-electron chi connectivity index (χ1n) is 9.92. The molecule has 34 heavy (non-hydrogen) atoms. The molecule has 0 aliphatic carbocycles. The van der Waals surface area contributed by atoms with Crippen LogP contribution in [0, 0.1) is 10.1 Å². The highest BCUT2D eigenvalue weighted by Crippen LogP contribution is 2.24. The Kier molecular flexibility index (Phi) is 8.12. The first kappa shape index (κ1) is 24.6. The Morgan fingerprint density at radius 3 is 2.29 bits per heavy atom. The molecule has 0 fully saturated rings. The summed E-state index contributed by atoms with van der Waals surface area (Å²) in [6.45, 7) is 1.61. The summed E-state index contributed by atoms with van der Waals surface area (Å²) in [5, 5.41) is 19.3. The predicted octanol–water partition coefficient (Wildman–Crippen LogP) is 4.78. The van der Waals surface area contributed by atoms with E-state index in [1.165, 1.54) is 18.2 Å². The third kappa shape index (κ3) is 6.74. The second-order valence-electron chi connectivity index (χ2n) is 6.97. The Balaban J connectivity index is 1.53. The van der Waals surface area contributed by atoms with Gasteiger partial charge < -0.3 is 15.4 Å². The van der Waals surface area contributed by atoms with E-state index in [0.717, 1.165) is 6.07 Å². The number of anilines is 2. The Bertz CT molecular complexity index is 1240. The maximum atomic E-state index is 12.4. The van der Waals surface area contributed by atoms with Crippen LogP contribution in [0.25, 0.3) is 0 Å². The van der Waals surface area contributed by atoms with Gasteiger partial charge in [0.15, 0.2) is 11.2 Å². The van der Waals surface area contributed by atoms with Crippen LogP contribution in [-0.4, -0.2) is 28.0 Å². The summed E-state index contributed by atoms with van der Waals surface area (Å²) in [5.41, 5.74) is 0.986. The van der Waals surface area contributed by atoms with E-state index in [1.54, 1.807) is 55.5 Å². The lowest BCUT2D eigenvalue weighted by molar-refractivity contribution is -0.384. The van der Waals surface area contributed by atoms with Gasteiger partial charge in [0, 0.05) is 29.1 Å². The molecule has 0 saturated carbocycles. The van der Waals surface area contributed by atoms with Crippen LogP contribution in [0.3, 0.4) is 0 Å². The van der Waals surface area contributed by atoms with E-state index in [-0.39, 0.29) is 22.3 Å². The summed E-state index contributed by atoms with van der Waals surface area (Å²) in [7, 11) is 0. The number of carbonyl (C=O) groups is 2. The molecule has 3 aromatic carbocycles. The number of thiocarbonyl (C=S) groups is 1. The fourth-order valence-corrected chi connectivity index (χ4v) is 3.15. The molecule has 174 valence electrons. The topological polar surface area (TPSA) is 123 Å². The summed E-state index contributed by atoms with van der Waals surface area (Å²) in [4.78, 5) is 35.0. The van der Waals surface area contributed by atoms with Gasteiger partial charge in [-0.1, -0.05) is 29.8 Å². The van der Waals surface area contributed by atoms with E-state index in [2.05, 4.69) is 16.0 Å². The number of hydrogen-bond acceptors (Lipinski definition) is 6. The number of nitrogens with zero attached hydrogens (tertiary/aromatic N) is 1. The summed E-state index contributed by atoms with van der Waals surface area (Å²) < 4.78 is 5.60. The number of nitro benzene ring substituents is 1. The largest absolute Gasteiger partial charge is 0.479 e. The zero-order valence-corrected chi connectivity index (χ0v) is 19.4. The second kappa shape index (κ2) is 11.2. The minimum atomic E-state index is -0.783. The highest BCUT2D eigenvalue weighted by molar-refractivity contribution is 7.80. The smallest absolute Gasteiger partial charge is 0.270 e. The van der Waals surface area contributed by atoms with E-state index in [0.29, 0.717) is 22.1 Å². The Morgan fingerprint density at radius 1 is 1.00 bits per heavy atom. The fourth-order valence-electron chi connectivity index (χ4n) is 2.76. The first-order chi connectivity index (χ1) is 16.2. The maximum Gasteiger partial charge on any atom is 0.270 e. The van der Waals surface area contributed by atoms with E-state index < -0.39 is 16.9 Å². The highest BCUT2D eigenvalue weighted by atomic mass is 35.5. The average Bonchev–Trinajstić information content (AvgIpc) is 2.81. The van der Waals surface area contributed by atoms with Gasteiger partial charge in [0.25, 0.3) is 17.5 Å². The van der Waals surface area contributed by atoms with Crippen LogP contribution in [0.2, 0.25) is 5.02 Å². The average molecular weight is 499 g/mol. The zero-order chi connectivity index (χ0) is 24.7. The number of non-ortho nitro benzene ring substituents is 1. The Hall–Kier alpha value is -4.02. The van der Waals surface area contributed by atoms with Crippen molar-refractivity contribution < 1.29 is 19.2 Å². The minimum absolute atomic E-state index is 0.00931. The van der Waals surface area contributed by atoms with E-state index >= 15 is 0 Å². The van der Waals surface area contributed by atoms with Crippen LogP contribution in [0.5, 0.6) is 5.75 Å².